The van der Waals surface area contributed by atoms with Gasteiger partial charge in [0.2, 0.25) is 0 Å². The number of nitrogens with one attached hydrogen (secondary N) is 1. The molecule has 1 aromatic carbocycles. The first-order valence-electron chi connectivity index (χ1n) is 8.92. The van der Waals surface area contributed by atoms with Crippen molar-refractivity contribution in [3.8, 4) is 0 Å². The largest absolute Gasteiger partial charge is 0.383 e. The summed E-state index contributed by atoms with van der Waals surface area (Å²) >= 11 is 0. The number of benzene rings is 1. The van der Waals surface area contributed by atoms with E-state index in [1.807, 2.05) is 0 Å². The van der Waals surface area contributed by atoms with E-state index in [0.29, 0.717) is 0 Å². The highest BCUT2D eigenvalue weighted by Crippen LogP contribution is 2.28. The molecule has 4 heteroatoms. The molecule has 0 atom stereocenters. The van der Waals surface area contributed by atoms with Crippen LogP contribution in [0.2, 0.25) is 0 Å². The molecule has 0 unspecified atom stereocenters. The monoisotopic (exact) mass is 312 g/mol. The SMILES string of the molecule is CCN(CC)CCNc1cc(N2CCCC2)nc2ccccc12. The maximum absolute atomic E-state index is 4.87. The number of hydrogen-bond donors (Lipinski definition) is 1. The van der Waals surface area contributed by atoms with Crippen LogP contribution in [-0.2, 0) is 0 Å². The van der Waals surface area contributed by atoms with Gasteiger partial charge in [-0.3, -0.25) is 0 Å². The first-order valence-corrected chi connectivity index (χ1v) is 8.92. The number of fused-ring (bicyclic) bond motifs is 1. The fourth-order valence-corrected chi connectivity index (χ4v) is 3.30. The third-order valence-electron chi connectivity index (χ3n) is 4.77. The Morgan fingerprint density at radius 1 is 1.13 bits per heavy atom. The van der Waals surface area contributed by atoms with Crippen LogP contribution in [0.3, 0.4) is 0 Å². The van der Waals surface area contributed by atoms with E-state index in [9.17, 15) is 0 Å². The summed E-state index contributed by atoms with van der Waals surface area (Å²) in [6.07, 6.45) is 2.55. The van der Waals surface area contributed by atoms with Crippen LogP contribution in [0.15, 0.2) is 30.3 Å². The van der Waals surface area contributed by atoms with Gasteiger partial charge in [0.05, 0.1) is 5.52 Å². The predicted molar refractivity (Wildman–Crippen MR) is 99.5 cm³/mol. The topological polar surface area (TPSA) is 31.4 Å². The molecule has 23 heavy (non-hydrogen) atoms. The molecule has 0 aliphatic carbocycles. The summed E-state index contributed by atoms with van der Waals surface area (Å²) in [4.78, 5) is 9.72. The van der Waals surface area contributed by atoms with E-state index in [1.54, 1.807) is 0 Å². The second-order valence-electron chi connectivity index (χ2n) is 6.19. The highest BCUT2D eigenvalue weighted by molar-refractivity contribution is 5.93. The lowest BCUT2D eigenvalue weighted by Gasteiger charge is -2.21. The Bertz CT molecular complexity index is 630. The van der Waals surface area contributed by atoms with Gasteiger partial charge in [-0.25, -0.2) is 4.98 Å². The molecular formula is C19H28N4. The average molecular weight is 312 g/mol. The number of aromatic nitrogens is 1. The van der Waals surface area contributed by atoms with Crippen molar-refractivity contribution < 1.29 is 0 Å². The summed E-state index contributed by atoms with van der Waals surface area (Å²) in [5.74, 6) is 1.12. The molecule has 1 aromatic heterocycles. The molecule has 0 radical (unpaired) electrons. The van der Waals surface area contributed by atoms with Crippen molar-refractivity contribution in [1.82, 2.24) is 9.88 Å². The normalized spacial score (nSPS) is 14.8. The Labute approximate surface area is 139 Å². The number of nitrogens with zero attached hydrogens (tertiary/aromatic N) is 3. The summed E-state index contributed by atoms with van der Waals surface area (Å²) in [6, 6.07) is 10.7. The molecule has 1 aliphatic heterocycles. The van der Waals surface area contributed by atoms with Crippen molar-refractivity contribution in [1.29, 1.82) is 0 Å². The van der Waals surface area contributed by atoms with Gasteiger partial charge in [-0.15, -0.1) is 0 Å². The molecule has 0 spiro atoms. The highest BCUT2D eigenvalue weighted by Gasteiger charge is 2.15. The quantitative estimate of drug-likeness (QED) is 0.846. The Hall–Kier alpha value is -1.81. The minimum Gasteiger partial charge on any atom is -0.383 e. The van der Waals surface area contributed by atoms with Crippen molar-refractivity contribution in [3.63, 3.8) is 0 Å². The van der Waals surface area contributed by atoms with Gasteiger partial charge in [0, 0.05) is 43.3 Å². The van der Waals surface area contributed by atoms with Gasteiger partial charge in [-0.1, -0.05) is 32.0 Å². The highest BCUT2D eigenvalue weighted by atomic mass is 15.2. The van der Waals surface area contributed by atoms with Crippen LogP contribution >= 0.6 is 0 Å². The molecule has 1 saturated heterocycles. The summed E-state index contributed by atoms with van der Waals surface area (Å²) < 4.78 is 0. The van der Waals surface area contributed by atoms with Gasteiger partial charge in [0.1, 0.15) is 5.82 Å². The number of anilines is 2. The van der Waals surface area contributed by atoms with Crippen molar-refractivity contribution in [2.24, 2.45) is 0 Å². The third kappa shape index (κ3) is 3.75. The molecular weight excluding hydrogens is 284 g/mol. The summed E-state index contributed by atoms with van der Waals surface area (Å²) in [5, 5.41) is 4.86. The van der Waals surface area contributed by atoms with E-state index < -0.39 is 0 Å². The number of hydrogen-bond acceptors (Lipinski definition) is 4. The second-order valence-corrected chi connectivity index (χ2v) is 6.19. The number of rotatable bonds is 7. The zero-order chi connectivity index (χ0) is 16.1. The van der Waals surface area contributed by atoms with E-state index in [1.165, 1.54) is 23.9 Å². The molecule has 1 fully saturated rings. The summed E-state index contributed by atoms with van der Waals surface area (Å²) in [6.45, 7) is 10.9. The zero-order valence-corrected chi connectivity index (χ0v) is 14.4. The number of pyridine rings is 1. The number of para-hydroxylation sites is 1. The lowest BCUT2D eigenvalue weighted by molar-refractivity contribution is 0.316. The fourth-order valence-electron chi connectivity index (χ4n) is 3.30. The van der Waals surface area contributed by atoms with Crippen LogP contribution in [-0.4, -0.2) is 49.2 Å². The molecule has 0 amide bonds. The maximum atomic E-state index is 4.87. The van der Waals surface area contributed by atoms with E-state index in [-0.39, 0.29) is 0 Å². The first kappa shape index (κ1) is 16.1. The van der Waals surface area contributed by atoms with E-state index >= 15 is 0 Å². The smallest absolute Gasteiger partial charge is 0.131 e. The standard InChI is InChI=1S/C19H28N4/c1-3-22(4-2)14-11-20-18-15-19(23-12-7-8-13-23)21-17-10-6-5-9-16(17)18/h5-6,9-10,15H,3-4,7-8,11-14H2,1-2H3,(H,20,21). The van der Waals surface area contributed by atoms with E-state index in [0.717, 1.165) is 50.6 Å². The van der Waals surface area contributed by atoms with Crippen LogP contribution < -0.4 is 10.2 Å². The zero-order valence-electron chi connectivity index (χ0n) is 14.4. The van der Waals surface area contributed by atoms with Crippen LogP contribution in [0.4, 0.5) is 11.5 Å². The van der Waals surface area contributed by atoms with Gasteiger partial charge in [-0.2, -0.15) is 0 Å². The summed E-state index contributed by atoms with van der Waals surface area (Å²) in [7, 11) is 0. The Kier molecular flexibility index (Phi) is 5.34. The molecule has 1 aliphatic rings. The lowest BCUT2D eigenvalue weighted by Crippen LogP contribution is -2.28. The van der Waals surface area contributed by atoms with E-state index in [4.69, 9.17) is 4.98 Å². The van der Waals surface area contributed by atoms with Gasteiger partial charge in [-0.05, 0) is 32.0 Å². The van der Waals surface area contributed by atoms with Gasteiger partial charge >= 0.3 is 0 Å². The second kappa shape index (κ2) is 7.64. The van der Waals surface area contributed by atoms with E-state index in [2.05, 4.69) is 59.3 Å². The van der Waals surface area contributed by atoms with Crippen molar-refractivity contribution in [2.45, 2.75) is 26.7 Å². The Balaban J connectivity index is 1.81. The summed E-state index contributed by atoms with van der Waals surface area (Å²) in [5.41, 5.74) is 2.30. The lowest BCUT2D eigenvalue weighted by atomic mass is 10.1. The van der Waals surface area contributed by atoms with Crippen LogP contribution in [0.5, 0.6) is 0 Å². The predicted octanol–water partition coefficient (Wildman–Crippen LogP) is 3.59. The molecule has 0 bridgehead atoms. The first-order chi connectivity index (χ1) is 11.3. The van der Waals surface area contributed by atoms with Gasteiger partial charge < -0.3 is 15.1 Å². The minimum absolute atomic E-state index is 0.967. The van der Waals surface area contributed by atoms with Crippen LogP contribution in [0.25, 0.3) is 10.9 Å². The number of likely N-dealkylation sites (N-methyl/N-ethyl adjacent to an activating group) is 1. The van der Waals surface area contributed by atoms with Crippen molar-refractivity contribution in [3.05, 3.63) is 30.3 Å². The maximum Gasteiger partial charge on any atom is 0.131 e. The molecule has 4 nitrogen and oxygen atoms in total. The Morgan fingerprint density at radius 3 is 2.61 bits per heavy atom. The Morgan fingerprint density at radius 2 is 1.87 bits per heavy atom. The van der Waals surface area contributed by atoms with Gasteiger partial charge in [0.25, 0.3) is 0 Å². The van der Waals surface area contributed by atoms with Crippen molar-refractivity contribution >= 4 is 22.4 Å². The third-order valence-corrected chi connectivity index (χ3v) is 4.77. The fraction of sp³-hybridized carbons (Fsp3) is 0.526. The van der Waals surface area contributed by atoms with Crippen LogP contribution in [0, 0.1) is 0 Å². The average Bonchev–Trinajstić information content (AvgIpc) is 3.13. The van der Waals surface area contributed by atoms with Crippen molar-refractivity contribution in [2.75, 3.05) is 49.5 Å². The molecule has 124 valence electrons. The molecule has 1 N–H and O–H groups in total. The minimum atomic E-state index is 0.967. The van der Waals surface area contributed by atoms with Gasteiger partial charge in [0.15, 0.2) is 0 Å². The molecule has 2 heterocycles. The van der Waals surface area contributed by atoms with Crippen LogP contribution in [0.1, 0.15) is 26.7 Å². The molecule has 3 rings (SSSR count). The molecule has 0 saturated carbocycles. The molecule has 2 aromatic rings.